The van der Waals surface area contributed by atoms with Crippen molar-refractivity contribution in [2.24, 2.45) is 0 Å². The Morgan fingerprint density at radius 1 is 0.939 bits per heavy atom. The van der Waals surface area contributed by atoms with E-state index in [9.17, 15) is 14.7 Å². The third-order valence-corrected chi connectivity index (χ3v) is 5.90. The second-order valence-electron chi connectivity index (χ2n) is 7.40. The lowest BCUT2D eigenvalue weighted by Crippen LogP contribution is -2.15. The van der Waals surface area contributed by atoms with Crippen molar-refractivity contribution in [3.8, 4) is 17.1 Å². The molecule has 0 fully saturated rings. The smallest absolute Gasteiger partial charge is 0.234 e. The molecule has 0 spiro atoms. The molecule has 2 N–H and O–H groups in total. The number of benzene rings is 3. The SMILES string of the molecule is CC(=O)c1ccc(NC(=O)CSc2nnc(-c3ccc(O)cc3)n2Cc2ccccc2)cc1. The van der Waals surface area contributed by atoms with Crippen molar-refractivity contribution in [1.29, 1.82) is 0 Å². The molecule has 0 aliphatic heterocycles. The van der Waals surface area contributed by atoms with E-state index < -0.39 is 0 Å². The van der Waals surface area contributed by atoms with Gasteiger partial charge in [-0.2, -0.15) is 0 Å². The number of anilines is 1. The Labute approximate surface area is 195 Å². The molecule has 0 aliphatic rings. The fourth-order valence-corrected chi connectivity index (χ4v) is 3.98. The van der Waals surface area contributed by atoms with E-state index in [4.69, 9.17) is 0 Å². The first-order chi connectivity index (χ1) is 16.0. The number of hydrogen-bond donors (Lipinski definition) is 2. The van der Waals surface area contributed by atoms with Crippen LogP contribution in [0.5, 0.6) is 5.75 Å². The number of nitrogens with zero attached hydrogens (tertiary/aromatic N) is 3. The molecule has 0 saturated carbocycles. The number of nitrogens with one attached hydrogen (secondary N) is 1. The fraction of sp³-hybridized carbons (Fsp3) is 0.120. The number of carbonyl (C=O) groups excluding carboxylic acids is 2. The first-order valence-corrected chi connectivity index (χ1v) is 11.3. The summed E-state index contributed by atoms with van der Waals surface area (Å²) in [6, 6.07) is 23.5. The topological polar surface area (TPSA) is 97.1 Å². The molecule has 4 rings (SSSR count). The van der Waals surface area contributed by atoms with Gasteiger partial charge in [-0.05, 0) is 61.0 Å². The number of aromatic nitrogens is 3. The molecule has 33 heavy (non-hydrogen) atoms. The van der Waals surface area contributed by atoms with E-state index >= 15 is 0 Å². The Hall–Kier alpha value is -3.91. The average molecular weight is 459 g/mol. The van der Waals surface area contributed by atoms with Crippen molar-refractivity contribution in [2.45, 2.75) is 18.6 Å². The van der Waals surface area contributed by atoms with E-state index in [-0.39, 0.29) is 23.2 Å². The van der Waals surface area contributed by atoms with Crippen molar-refractivity contribution in [1.82, 2.24) is 14.8 Å². The van der Waals surface area contributed by atoms with Crippen LogP contribution >= 0.6 is 11.8 Å². The van der Waals surface area contributed by atoms with Crippen molar-refractivity contribution in [3.05, 3.63) is 90.0 Å². The summed E-state index contributed by atoms with van der Waals surface area (Å²) in [5.41, 5.74) is 3.12. The highest BCUT2D eigenvalue weighted by atomic mass is 32.2. The monoisotopic (exact) mass is 458 g/mol. The van der Waals surface area contributed by atoms with E-state index in [1.807, 2.05) is 34.9 Å². The molecule has 1 aromatic heterocycles. The molecule has 8 heteroatoms. The van der Waals surface area contributed by atoms with Crippen LogP contribution in [-0.2, 0) is 11.3 Å². The van der Waals surface area contributed by atoms with Crippen molar-refractivity contribution < 1.29 is 14.7 Å². The molecule has 1 amide bonds. The molecule has 0 atom stereocenters. The van der Waals surface area contributed by atoms with Crippen LogP contribution in [0.15, 0.2) is 84.0 Å². The van der Waals surface area contributed by atoms with Gasteiger partial charge in [-0.15, -0.1) is 10.2 Å². The summed E-state index contributed by atoms with van der Waals surface area (Å²) in [4.78, 5) is 23.9. The summed E-state index contributed by atoms with van der Waals surface area (Å²) < 4.78 is 1.96. The second-order valence-corrected chi connectivity index (χ2v) is 8.34. The summed E-state index contributed by atoms with van der Waals surface area (Å²) in [5, 5.41) is 21.7. The van der Waals surface area contributed by atoms with Gasteiger partial charge in [0, 0.05) is 16.8 Å². The van der Waals surface area contributed by atoms with Gasteiger partial charge in [0.2, 0.25) is 5.91 Å². The molecule has 7 nitrogen and oxygen atoms in total. The number of rotatable bonds is 8. The number of phenols is 1. The highest BCUT2D eigenvalue weighted by molar-refractivity contribution is 7.99. The largest absolute Gasteiger partial charge is 0.508 e. The predicted octanol–water partition coefficient (Wildman–Crippen LogP) is 4.63. The van der Waals surface area contributed by atoms with Gasteiger partial charge >= 0.3 is 0 Å². The molecular weight excluding hydrogens is 436 g/mol. The quantitative estimate of drug-likeness (QED) is 0.295. The lowest BCUT2D eigenvalue weighted by molar-refractivity contribution is -0.113. The standard InChI is InChI=1S/C25H22N4O3S/c1-17(30)19-7-11-21(12-8-19)26-23(32)16-33-25-28-27-24(20-9-13-22(31)14-10-20)29(25)15-18-5-3-2-4-6-18/h2-14,31H,15-16H2,1H3,(H,26,32). The molecule has 0 saturated heterocycles. The van der Waals surface area contributed by atoms with Crippen molar-refractivity contribution in [2.75, 3.05) is 11.1 Å². The molecule has 0 bridgehead atoms. The number of phenolic OH excluding ortho intramolecular Hbond substituents is 1. The lowest BCUT2D eigenvalue weighted by Gasteiger charge is -2.11. The van der Waals surface area contributed by atoms with Gasteiger partial charge in [0.25, 0.3) is 0 Å². The lowest BCUT2D eigenvalue weighted by atomic mass is 10.1. The normalized spacial score (nSPS) is 10.7. The zero-order valence-corrected chi connectivity index (χ0v) is 18.7. The Morgan fingerprint density at radius 3 is 2.30 bits per heavy atom. The maximum absolute atomic E-state index is 12.5. The predicted molar refractivity (Wildman–Crippen MR) is 128 cm³/mol. The summed E-state index contributed by atoms with van der Waals surface area (Å²) in [6.07, 6.45) is 0. The van der Waals surface area contributed by atoms with Crippen LogP contribution in [-0.4, -0.2) is 37.3 Å². The fourth-order valence-electron chi connectivity index (χ4n) is 3.24. The van der Waals surface area contributed by atoms with Gasteiger partial charge < -0.3 is 10.4 Å². The highest BCUT2D eigenvalue weighted by Crippen LogP contribution is 2.26. The number of aromatic hydroxyl groups is 1. The van der Waals surface area contributed by atoms with E-state index in [1.54, 1.807) is 48.5 Å². The average Bonchev–Trinajstić information content (AvgIpc) is 3.21. The molecule has 0 radical (unpaired) electrons. The number of carbonyl (C=O) groups is 2. The van der Waals surface area contributed by atoms with Crippen LogP contribution in [0.4, 0.5) is 5.69 Å². The zero-order valence-electron chi connectivity index (χ0n) is 17.9. The van der Waals surface area contributed by atoms with Crippen LogP contribution < -0.4 is 5.32 Å². The molecule has 1 heterocycles. The first-order valence-electron chi connectivity index (χ1n) is 10.3. The number of Topliss-reactive ketones (excluding diaryl/α,β-unsaturated/α-hetero) is 1. The van der Waals surface area contributed by atoms with Gasteiger partial charge in [0.15, 0.2) is 16.8 Å². The van der Waals surface area contributed by atoms with Crippen LogP contribution in [0, 0.1) is 0 Å². The third kappa shape index (κ3) is 5.67. The molecule has 3 aromatic carbocycles. The van der Waals surface area contributed by atoms with E-state index in [0.29, 0.717) is 28.8 Å². The number of hydrogen-bond acceptors (Lipinski definition) is 6. The molecule has 0 aliphatic carbocycles. The van der Waals surface area contributed by atoms with Crippen LogP contribution in [0.2, 0.25) is 0 Å². The minimum Gasteiger partial charge on any atom is -0.508 e. The number of ketones is 1. The van der Waals surface area contributed by atoms with E-state index in [0.717, 1.165) is 11.1 Å². The molecule has 0 unspecified atom stereocenters. The minimum atomic E-state index is -0.184. The molecule has 166 valence electrons. The van der Waals surface area contributed by atoms with Gasteiger partial charge in [-0.3, -0.25) is 14.2 Å². The van der Waals surface area contributed by atoms with Crippen LogP contribution in [0.3, 0.4) is 0 Å². The Bertz CT molecular complexity index is 1250. The van der Waals surface area contributed by atoms with Gasteiger partial charge in [0.05, 0.1) is 12.3 Å². The number of thioether (sulfide) groups is 1. The van der Waals surface area contributed by atoms with E-state index in [1.165, 1.54) is 18.7 Å². The van der Waals surface area contributed by atoms with Crippen molar-refractivity contribution >= 4 is 29.1 Å². The van der Waals surface area contributed by atoms with Crippen LogP contribution in [0.25, 0.3) is 11.4 Å². The highest BCUT2D eigenvalue weighted by Gasteiger charge is 2.16. The number of amides is 1. The van der Waals surface area contributed by atoms with Gasteiger partial charge in [-0.1, -0.05) is 42.1 Å². The molecule has 4 aromatic rings. The minimum absolute atomic E-state index is 0.0226. The third-order valence-electron chi connectivity index (χ3n) is 4.93. The maximum Gasteiger partial charge on any atom is 0.234 e. The second kappa shape index (κ2) is 10.1. The van der Waals surface area contributed by atoms with Crippen LogP contribution in [0.1, 0.15) is 22.8 Å². The summed E-state index contributed by atoms with van der Waals surface area (Å²) >= 11 is 1.29. The zero-order chi connectivity index (χ0) is 23.2. The maximum atomic E-state index is 12.5. The Morgan fingerprint density at radius 2 is 1.64 bits per heavy atom. The Balaban J connectivity index is 1.51. The summed E-state index contributed by atoms with van der Waals surface area (Å²) in [5.74, 6) is 0.774. The van der Waals surface area contributed by atoms with Gasteiger partial charge in [-0.25, -0.2) is 0 Å². The Kier molecular flexibility index (Phi) is 6.85. The molecular formula is C25H22N4O3S. The summed E-state index contributed by atoms with van der Waals surface area (Å²) in [6.45, 7) is 2.04. The summed E-state index contributed by atoms with van der Waals surface area (Å²) in [7, 11) is 0. The van der Waals surface area contributed by atoms with Crippen molar-refractivity contribution in [3.63, 3.8) is 0 Å². The first kappa shape index (κ1) is 22.3. The van der Waals surface area contributed by atoms with Gasteiger partial charge in [0.1, 0.15) is 5.75 Å². The van der Waals surface area contributed by atoms with E-state index in [2.05, 4.69) is 15.5 Å².